The largest absolute Gasteiger partial charge is 0.347 e. The lowest BCUT2D eigenvalue weighted by molar-refractivity contribution is -0.137. The number of carbonyl (C=O) groups excluding carboxylic acids is 2. The normalized spacial score (nSPS) is 10.2. The number of benzene rings is 1. The summed E-state index contributed by atoms with van der Waals surface area (Å²) in [7, 11) is 4.55. The molecule has 1 aromatic rings. The highest BCUT2D eigenvalue weighted by atomic mass is 19.1. The first-order chi connectivity index (χ1) is 8.82. The second-order valence-electron chi connectivity index (χ2n) is 4.41. The van der Waals surface area contributed by atoms with E-state index in [1.807, 2.05) is 0 Å². The zero-order valence-electron chi connectivity index (χ0n) is 11.1. The van der Waals surface area contributed by atoms with Crippen molar-refractivity contribution in [2.75, 3.05) is 27.7 Å². The minimum absolute atomic E-state index is 0.123. The van der Waals surface area contributed by atoms with Gasteiger partial charge in [-0.25, -0.2) is 8.78 Å². The summed E-state index contributed by atoms with van der Waals surface area (Å²) in [5.41, 5.74) is -0.281. The van der Waals surface area contributed by atoms with Crippen LogP contribution in [0.2, 0.25) is 0 Å². The van der Waals surface area contributed by atoms with Gasteiger partial charge in [-0.2, -0.15) is 0 Å². The third-order valence-electron chi connectivity index (χ3n) is 2.69. The summed E-state index contributed by atoms with van der Waals surface area (Å²) in [6.07, 6.45) is -0.407. The molecule has 0 bridgehead atoms. The van der Waals surface area contributed by atoms with E-state index in [0.29, 0.717) is 0 Å². The van der Waals surface area contributed by atoms with Crippen molar-refractivity contribution in [2.24, 2.45) is 0 Å². The predicted molar refractivity (Wildman–Crippen MR) is 66.4 cm³/mol. The minimum Gasteiger partial charge on any atom is -0.347 e. The molecule has 1 rings (SSSR count). The van der Waals surface area contributed by atoms with Gasteiger partial charge in [-0.3, -0.25) is 9.59 Å². The van der Waals surface area contributed by atoms with Crippen LogP contribution in [0.4, 0.5) is 8.78 Å². The standard InChI is InChI=1S/C13H16F2N2O2/c1-16(2)13(19)8-17(3)12(18)7-9-10(14)5-4-6-11(9)15/h4-6H,7-8H2,1-3H3. The molecule has 0 N–H and O–H groups in total. The summed E-state index contributed by atoms with van der Waals surface area (Å²) in [4.78, 5) is 25.7. The fraction of sp³-hybridized carbons (Fsp3) is 0.385. The molecule has 0 aliphatic rings. The lowest BCUT2D eigenvalue weighted by Gasteiger charge is -2.19. The SMILES string of the molecule is CN(C)C(=O)CN(C)C(=O)Cc1c(F)cccc1F. The maximum absolute atomic E-state index is 13.4. The molecule has 0 aliphatic carbocycles. The Morgan fingerprint density at radius 3 is 2.05 bits per heavy atom. The Bertz CT molecular complexity index is 469. The smallest absolute Gasteiger partial charge is 0.241 e. The van der Waals surface area contributed by atoms with E-state index < -0.39 is 24.0 Å². The molecule has 6 heteroatoms. The van der Waals surface area contributed by atoms with E-state index in [9.17, 15) is 18.4 Å². The zero-order chi connectivity index (χ0) is 14.6. The van der Waals surface area contributed by atoms with Crippen molar-refractivity contribution in [3.63, 3.8) is 0 Å². The van der Waals surface area contributed by atoms with Gasteiger partial charge >= 0.3 is 0 Å². The second kappa shape index (κ2) is 6.26. The van der Waals surface area contributed by atoms with Gasteiger partial charge in [0.05, 0.1) is 13.0 Å². The molecule has 0 radical (unpaired) electrons. The Hall–Kier alpha value is -1.98. The molecular formula is C13H16F2N2O2. The van der Waals surface area contributed by atoms with Crippen molar-refractivity contribution < 1.29 is 18.4 Å². The number of likely N-dealkylation sites (N-methyl/N-ethyl adjacent to an activating group) is 2. The second-order valence-corrected chi connectivity index (χ2v) is 4.41. The minimum atomic E-state index is -0.763. The van der Waals surface area contributed by atoms with E-state index in [0.717, 1.165) is 17.0 Å². The van der Waals surface area contributed by atoms with Crippen molar-refractivity contribution in [1.82, 2.24) is 9.80 Å². The summed E-state index contributed by atoms with van der Waals surface area (Å²) in [5, 5.41) is 0. The first kappa shape index (κ1) is 15.1. The average molecular weight is 270 g/mol. The third-order valence-corrected chi connectivity index (χ3v) is 2.69. The van der Waals surface area contributed by atoms with Gasteiger partial charge in [0.2, 0.25) is 11.8 Å². The molecule has 2 amide bonds. The average Bonchev–Trinajstić information content (AvgIpc) is 2.33. The highest BCUT2D eigenvalue weighted by Gasteiger charge is 2.18. The summed E-state index contributed by atoms with van der Waals surface area (Å²) < 4.78 is 26.8. The number of hydrogen-bond donors (Lipinski definition) is 0. The van der Waals surface area contributed by atoms with Crippen LogP contribution in [-0.2, 0) is 16.0 Å². The molecule has 104 valence electrons. The van der Waals surface area contributed by atoms with E-state index in [1.54, 1.807) is 14.1 Å². The van der Waals surface area contributed by atoms with Crippen LogP contribution in [0.1, 0.15) is 5.56 Å². The monoisotopic (exact) mass is 270 g/mol. The Balaban J connectivity index is 2.72. The number of halogens is 2. The molecule has 0 heterocycles. The number of hydrogen-bond acceptors (Lipinski definition) is 2. The lowest BCUT2D eigenvalue weighted by atomic mass is 10.1. The Morgan fingerprint density at radius 2 is 1.58 bits per heavy atom. The maximum atomic E-state index is 13.4. The van der Waals surface area contributed by atoms with Crippen molar-refractivity contribution >= 4 is 11.8 Å². The lowest BCUT2D eigenvalue weighted by Crippen LogP contribution is -2.38. The van der Waals surface area contributed by atoms with Crippen molar-refractivity contribution in [1.29, 1.82) is 0 Å². The van der Waals surface area contributed by atoms with Gasteiger partial charge in [0, 0.05) is 26.7 Å². The van der Waals surface area contributed by atoms with Crippen LogP contribution >= 0.6 is 0 Å². The Kier molecular flexibility index (Phi) is 4.97. The first-order valence-corrected chi connectivity index (χ1v) is 5.70. The quantitative estimate of drug-likeness (QED) is 0.820. The summed E-state index contributed by atoms with van der Waals surface area (Å²) in [5.74, 6) is -2.30. The van der Waals surface area contributed by atoms with E-state index in [4.69, 9.17) is 0 Å². The van der Waals surface area contributed by atoms with Gasteiger partial charge in [-0.05, 0) is 12.1 Å². The molecule has 4 nitrogen and oxygen atoms in total. The fourth-order valence-corrected chi connectivity index (χ4v) is 1.42. The molecule has 19 heavy (non-hydrogen) atoms. The van der Waals surface area contributed by atoms with Crippen molar-refractivity contribution in [3.05, 3.63) is 35.4 Å². The van der Waals surface area contributed by atoms with Gasteiger partial charge in [0.1, 0.15) is 11.6 Å². The maximum Gasteiger partial charge on any atom is 0.241 e. The van der Waals surface area contributed by atoms with E-state index >= 15 is 0 Å². The van der Waals surface area contributed by atoms with Crippen LogP contribution in [0, 0.1) is 11.6 Å². The number of nitrogens with zero attached hydrogens (tertiary/aromatic N) is 2. The molecule has 0 fully saturated rings. The summed E-state index contributed by atoms with van der Waals surface area (Å²) >= 11 is 0. The van der Waals surface area contributed by atoms with Crippen LogP contribution in [0.3, 0.4) is 0 Å². The molecule has 0 saturated carbocycles. The van der Waals surface area contributed by atoms with Gasteiger partial charge in [-0.1, -0.05) is 6.07 Å². The van der Waals surface area contributed by atoms with Gasteiger partial charge in [0.15, 0.2) is 0 Å². The number of rotatable bonds is 4. The van der Waals surface area contributed by atoms with Crippen LogP contribution in [0.25, 0.3) is 0 Å². The highest BCUT2D eigenvalue weighted by Crippen LogP contribution is 2.13. The zero-order valence-corrected chi connectivity index (χ0v) is 11.1. The summed E-state index contributed by atoms with van der Waals surface area (Å²) in [6.45, 7) is -0.123. The van der Waals surface area contributed by atoms with Gasteiger partial charge in [-0.15, -0.1) is 0 Å². The van der Waals surface area contributed by atoms with E-state index in [2.05, 4.69) is 0 Å². The third kappa shape index (κ3) is 4.01. The number of amides is 2. The van der Waals surface area contributed by atoms with Crippen molar-refractivity contribution in [2.45, 2.75) is 6.42 Å². The predicted octanol–water partition coefficient (Wildman–Crippen LogP) is 1.05. The van der Waals surface area contributed by atoms with E-state index in [1.165, 1.54) is 18.0 Å². The van der Waals surface area contributed by atoms with Crippen LogP contribution < -0.4 is 0 Å². The molecule has 0 spiro atoms. The molecule has 0 saturated heterocycles. The van der Waals surface area contributed by atoms with Crippen LogP contribution in [-0.4, -0.2) is 49.3 Å². The number of carbonyl (C=O) groups is 2. The molecule has 0 aromatic heterocycles. The molecule has 0 atom stereocenters. The van der Waals surface area contributed by atoms with Crippen LogP contribution in [0.5, 0.6) is 0 Å². The van der Waals surface area contributed by atoms with Gasteiger partial charge < -0.3 is 9.80 Å². The topological polar surface area (TPSA) is 40.6 Å². The molecule has 0 aliphatic heterocycles. The van der Waals surface area contributed by atoms with Crippen LogP contribution in [0.15, 0.2) is 18.2 Å². The molecule has 1 aromatic carbocycles. The van der Waals surface area contributed by atoms with E-state index in [-0.39, 0.29) is 18.0 Å². The fourth-order valence-electron chi connectivity index (χ4n) is 1.42. The molecule has 0 unspecified atom stereocenters. The summed E-state index contributed by atoms with van der Waals surface area (Å²) in [6, 6.07) is 3.42. The molecular weight excluding hydrogens is 254 g/mol. The Morgan fingerprint density at radius 1 is 1.05 bits per heavy atom. The van der Waals surface area contributed by atoms with Gasteiger partial charge in [0.25, 0.3) is 0 Å². The Labute approximate surface area is 110 Å². The highest BCUT2D eigenvalue weighted by molar-refractivity contribution is 5.85. The van der Waals surface area contributed by atoms with Crippen molar-refractivity contribution in [3.8, 4) is 0 Å². The first-order valence-electron chi connectivity index (χ1n) is 5.70.